The summed E-state index contributed by atoms with van der Waals surface area (Å²) in [5.41, 5.74) is 11.7. The van der Waals surface area contributed by atoms with Gasteiger partial charge in [0.05, 0.1) is 50.6 Å². The quantitative estimate of drug-likeness (QED) is 0.230. The molecule has 0 amide bonds. The van der Waals surface area contributed by atoms with Crippen molar-refractivity contribution < 1.29 is 4.92 Å². The summed E-state index contributed by atoms with van der Waals surface area (Å²) in [6.07, 6.45) is 17.9. The zero-order chi connectivity index (χ0) is 30.3. The Kier molecular flexibility index (Phi) is 6.27. The molecule has 0 fully saturated rings. The number of allylic oxidation sites excluding steroid dienone is 12. The first kappa shape index (κ1) is 26.3. The third-order valence-corrected chi connectivity index (χ3v) is 7.88. The number of nitro benzene ring substituents is 1. The van der Waals surface area contributed by atoms with E-state index in [2.05, 4.69) is 12.1 Å². The molecule has 0 atom stereocenters. The number of hydrogen-bond acceptors (Lipinski definition) is 6. The molecule has 0 aromatic heterocycles. The summed E-state index contributed by atoms with van der Waals surface area (Å²) in [5.74, 6) is 0. The van der Waals surface area contributed by atoms with Crippen molar-refractivity contribution in [2.24, 2.45) is 20.0 Å². The standard InChI is InChI=1S/C38H23N5O2/c44-43(45)31-16-11-24(12-17-31)32-23-30-22-29-14-19-34(40-29)36(25-7-3-1-4-8-25)33-18-13-27(39-33)21-28-15-20-35(41-28)37(38(32)42-30)26-9-5-2-6-10-26/h1-23H. The van der Waals surface area contributed by atoms with Gasteiger partial charge in [-0.05, 0) is 83.5 Å². The summed E-state index contributed by atoms with van der Waals surface area (Å²) in [7, 11) is 0. The predicted molar refractivity (Wildman–Crippen MR) is 181 cm³/mol. The second-order valence-electron chi connectivity index (χ2n) is 10.8. The van der Waals surface area contributed by atoms with Crippen LogP contribution in [0.15, 0.2) is 182 Å². The summed E-state index contributed by atoms with van der Waals surface area (Å²) >= 11 is 0. The van der Waals surface area contributed by atoms with Crippen molar-refractivity contribution in [1.82, 2.24) is 0 Å². The van der Waals surface area contributed by atoms with Crippen LogP contribution in [0.25, 0.3) is 16.7 Å². The fourth-order valence-corrected chi connectivity index (χ4v) is 5.82. The van der Waals surface area contributed by atoms with Gasteiger partial charge in [0, 0.05) is 28.9 Å². The highest BCUT2D eigenvalue weighted by atomic mass is 16.6. The molecule has 0 aliphatic carbocycles. The number of aliphatic imine (C=N–C) groups is 4. The van der Waals surface area contributed by atoms with E-state index in [1.165, 1.54) is 12.1 Å². The van der Waals surface area contributed by atoms with Crippen molar-refractivity contribution in [3.05, 3.63) is 189 Å². The number of benzene rings is 3. The highest BCUT2D eigenvalue weighted by molar-refractivity contribution is 6.47. The van der Waals surface area contributed by atoms with E-state index in [1.807, 2.05) is 103 Å². The van der Waals surface area contributed by atoms with Gasteiger partial charge in [-0.25, -0.2) is 20.0 Å². The maximum Gasteiger partial charge on any atom is 0.269 e. The van der Waals surface area contributed by atoms with E-state index < -0.39 is 4.92 Å². The van der Waals surface area contributed by atoms with E-state index in [0.717, 1.165) is 79.0 Å². The van der Waals surface area contributed by atoms with Gasteiger partial charge in [-0.1, -0.05) is 60.7 Å². The molecule has 212 valence electrons. The van der Waals surface area contributed by atoms with Crippen LogP contribution in [-0.2, 0) is 0 Å². The lowest BCUT2D eigenvalue weighted by molar-refractivity contribution is -0.384. The predicted octanol–water partition coefficient (Wildman–Crippen LogP) is 8.07. The SMILES string of the molecule is O=[N+]([O-])c1ccc(C2=CC3=CC4=NC(=C(c5ccccc5)C5=NC(=CC6=NC(=C(c7ccccc7)C2=N3)C=C6)C=C5)C=C4)cc1. The van der Waals surface area contributed by atoms with Crippen molar-refractivity contribution in [2.45, 2.75) is 0 Å². The first-order chi connectivity index (χ1) is 22.1. The van der Waals surface area contributed by atoms with Crippen LogP contribution < -0.4 is 0 Å². The lowest BCUT2D eigenvalue weighted by Gasteiger charge is -2.13. The third-order valence-electron chi connectivity index (χ3n) is 7.88. The summed E-state index contributed by atoms with van der Waals surface area (Å²) in [5, 5.41) is 11.4. The molecule has 0 unspecified atom stereocenters. The van der Waals surface area contributed by atoms with Crippen LogP contribution in [0.3, 0.4) is 0 Å². The van der Waals surface area contributed by atoms with Crippen LogP contribution in [0, 0.1) is 10.1 Å². The van der Waals surface area contributed by atoms with Gasteiger partial charge in [-0.2, -0.15) is 0 Å². The molecule has 0 spiro atoms. The van der Waals surface area contributed by atoms with E-state index >= 15 is 0 Å². The number of hydrogen-bond donors (Lipinski definition) is 0. The molecule has 8 rings (SSSR count). The monoisotopic (exact) mass is 581 g/mol. The minimum atomic E-state index is -0.392. The molecule has 8 bridgehead atoms. The van der Waals surface area contributed by atoms with Crippen molar-refractivity contribution in [3.8, 4) is 0 Å². The Morgan fingerprint density at radius 3 is 1.76 bits per heavy atom. The number of nitro groups is 1. The maximum atomic E-state index is 11.4. The third kappa shape index (κ3) is 4.92. The molecular formula is C38H23N5O2. The fourth-order valence-electron chi connectivity index (χ4n) is 5.82. The molecular weight excluding hydrogens is 558 g/mol. The molecule has 3 aromatic rings. The van der Waals surface area contributed by atoms with Gasteiger partial charge in [-0.15, -0.1) is 0 Å². The normalized spacial score (nSPS) is 18.0. The minimum Gasteiger partial charge on any atom is -0.258 e. The second kappa shape index (κ2) is 10.7. The molecule has 5 heterocycles. The first-order valence-electron chi connectivity index (χ1n) is 14.5. The van der Waals surface area contributed by atoms with Gasteiger partial charge in [0.15, 0.2) is 0 Å². The average Bonchev–Trinajstić information content (AvgIpc) is 3.89. The Balaban J connectivity index is 1.37. The van der Waals surface area contributed by atoms with Crippen molar-refractivity contribution in [1.29, 1.82) is 0 Å². The second-order valence-corrected chi connectivity index (χ2v) is 10.8. The number of nitrogens with zero attached hydrogens (tertiary/aromatic N) is 5. The Morgan fingerprint density at radius 2 is 1.11 bits per heavy atom. The summed E-state index contributed by atoms with van der Waals surface area (Å²) < 4.78 is 0. The van der Waals surface area contributed by atoms with Crippen LogP contribution in [-0.4, -0.2) is 27.8 Å². The Morgan fingerprint density at radius 1 is 0.511 bits per heavy atom. The Labute approximate surface area is 259 Å². The minimum absolute atomic E-state index is 0.0328. The molecule has 7 nitrogen and oxygen atoms in total. The molecule has 3 aromatic carbocycles. The maximum absolute atomic E-state index is 11.4. The van der Waals surface area contributed by atoms with Gasteiger partial charge >= 0.3 is 0 Å². The number of non-ortho nitro benzene ring substituents is 1. The molecule has 0 saturated heterocycles. The number of rotatable bonds is 4. The summed E-state index contributed by atoms with van der Waals surface area (Å²) in [6, 6.07) is 26.8. The van der Waals surface area contributed by atoms with Gasteiger partial charge in [0.2, 0.25) is 0 Å². The van der Waals surface area contributed by atoms with Crippen LogP contribution in [0.4, 0.5) is 5.69 Å². The van der Waals surface area contributed by atoms with Crippen LogP contribution in [0.2, 0.25) is 0 Å². The Bertz CT molecular complexity index is 2180. The van der Waals surface area contributed by atoms with Crippen LogP contribution in [0.5, 0.6) is 0 Å². The average molecular weight is 582 g/mol. The van der Waals surface area contributed by atoms with Crippen LogP contribution >= 0.6 is 0 Å². The van der Waals surface area contributed by atoms with Crippen molar-refractivity contribution in [2.75, 3.05) is 0 Å². The van der Waals surface area contributed by atoms with E-state index in [0.29, 0.717) is 0 Å². The first-order valence-corrected chi connectivity index (χ1v) is 14.5. The zero-order valence-electron chi connectivity index (χ0n) is 23.8. The molecule has 5 aliphatic heterocycles. The van der Waals surface area contributed by atoms with E-state index in [4.69, 9.17) is 20.0 Å². The van der Waals surface area contributed by atoms with Gasteiger partial charge in [0.25, 0.3) is 5.69 Å². The highest BCUT2D eigenvalue weighted by Gasteiger charge is 2.27. The zero-order valence-corrected chi connectivity index (χ0v) is 23.8. The number of fused-ring (bicyclic) bond motifs is 4. The topological polar surface area (TPSA) is 92.6 Å². The van der Waals surface area contributed by atoms with Gasteiger partial charge in [-0.3, -0.25) is 10.1 Å². The molecule has 0 radical (unpaired) electrons. The smallest absolute Gasteiger partial charge is 0.258 e. The largest absolute Gasteiger partial charge is 0.269 e. The van der Waals surface area contributed by atoms with E-state index in [9.17, 15) is 10.1 Å². The lowest BCUT2D eigenvalue weighted by Crippen LogP contribution is -2.05. The molecule has 0 N–H and O–H groups in total. The molecule has 7 heteroatoms. The van der Waals surface area contributed by atoms with Crippen molar-refractivity contribution >= 4 is 45.3 Å². The molecule has 0 saturated carbocycles. The van der Waals surface area contributed by atoms with Crippen LogP contribution in [0.1, 0.15) is 16.7 Å². The molecule has 5 aliphatic rings. The summed E-state index contributed by atoms with van der Waals surface area (Å²) in [6.45, 7) is 0. The van der Waals surface area contributed by atoms with Gasteiger partial charge < -0.3 is 0 Å². The van der Waals surface area contributed by atoms with Crippen molar-refractivity contribution in [3.63, 3.8) is 0 Å². The molecule has 45 heavy (non-hydrogen) atoms. The summed E-state index contributed by atoms with van der Waals surface area (Å²) in [4.78, 5) is 31.2. The lowest BCUT2D eigenvalue weighted by atomic mass is 9.91. The van der Waals surface area contributed by atoms with Gasteiger partial charge in [0.1, 0.15) is 0 Å². The van der Waals surface area contributed by atoms with E-state index in [-0.39, 0.29) is 5.69 Å². The fraction of sp³-hybridized carbons (Fsp3) is 0. The Hall–Kier alpha value is -6.34. The van der Waals surface area contributed by atoms with E-state index in [1.54, 1.807) is 12.1 Å². The highest BCUT2D eigenvalue weighted by Crippen LogP contribution is 2.38.